The number of carbonyl (C=O) groups is 1. The highest BCUT2D eigenvalue weighted by Crippen LogP contribution is 2.33. The number of benzene rings is 2. The maximum Gasteiger partial charge on any atom is 0.420 e. The molecule has 1 aliphatic heterocycles. The van der Waals surface area contributed by atoms with E-state index in [4.69, 9.17) is 14.2 Å². The molecule has 0 radical (unpaired) electrons. The van der Waals surface area contributed by atoms with Crippen molar-refractivity contribution >= 4 is 34.9 Å². The molecule has 1 amide bonds. The summed E-state index contributed by atoms with van der Waals surface area (Å²) in [5, 5.41) is 3.24. The van der Waals surface area contributed by atoms with Gasteiger partial charge in [0.05, 0.1) is 25.6 Å². The molecule has 11 heteroatoms. The van der Waals surface area contributed by atoms with Gasteiger partial charge in [0.15, 0.2) is 0 Å². The zero-order chi connectivity index (χ0) is 28.6. The van der Waals surface area contributed by atoms with Crippen molar-refractivity contribution in [3.8, 4) is 11.5 Å². The number of amides is 1. The molecule has 3 heterocycles. The second kappa shape index (κ2) is 13.0. The molecule has 4 aromatic rings. The van der Waals surface area contributed by atoms with Gasteiger partial charge in [-0.15, -0.1) is 0 Å². The Labute approximate surface area is 239 Å². The van der Waals surface area contributed by atoms with Crippen molar-refractivity contribution in [3.05, 3.63) is 84.8 Å². The summed E-state index contributed by atoms with van der Waals surface area (Å²) in [5.74, 6) is 2.08. The van der Waals surface area contributed by atoms with Gasteiger partial charge >= 0.3 is 6.09 Å². The normalized spacial score (nSPS) is 13.4. The van der Waals surface area contributed by atoms with Crippen LogP contribution in [0.2, 0.25) is 0 Å². The molecule has 212 valence electrons. The van der Waals surface area contributed by atoms with E-state index in [1.165, 1.54) is 4.90 Å². The molecule has 0 saturated carbocycles. The minimum Gasteiger partial charge on any atom is -0.497 e. The maximum absolute atomic E-state index is 13.4. The van der Waals surface area contributed by atoms with Gasteiger partial charge in [-0.1, -0.05) is 6.07 Å². The molecule has 1 saturated heterocycles. The largest absolute Gasteiger partial charge is 0.497 e. The van der Waals surface area contributed by atoms with Crippen LogP contribution in [0, 0.1) is 0 Å². The van der Waals surface area contributed by atoms with Gasteiger partial charge in [0.2, 0.25) is 5.95 Å². The van der Waals surface area contributed by atoms with E-state index in [9.17, 15) is 4.79 Å². The van der Waals surface area contributed by atoms with Crippen molar-refractivity contribution in [1.82, 2.24) is 19.9 Å². The van der Waals surface area contributed by atoms with Crippen molar-refractivity contribution in [1.29, 1.82) is 0 Å². The van der Waals surface area contributed by atoms with Crippen molar-refractivity contribution in [2.24, 2.45) is 0 Å². The number of methoxy groups -OCH3 is 2. The Morgan fingerprint density at radius 3 is 2.49 bits per heavy atom. The lowest BCUT2D eigenvalue weighted by Crippen LogP contribution is -2.44. The van der Waals surface area contributed by atoms with E-state index < -0.39 is 6.09 Å². The first-order valence-electron chi connectivity index (χ1n) is 13.3. The van der Waals surface area contributed by atoms with Crippen LogP contribution >= 0.6 is 0 Å². The molecule has 1 N–H and O–H groups in total. The minimum atomic E-state index is -0.595. The smallest absolute Gasteiger partial charge is 0.420 e. The Balaban J connectivity index is 1.38. The number of hydrogen-bond donors (Lipinski definition) is 1. The first kappa shape index (κ1) is 27.7. The Kier molecular flexibility index (Phi) is 8.75. The van der Waals surface area contributed by atoms with Crippen LogP contribution in [0.1, 0.15) is 5.56 Å². The predicted molar refractivity (Wildman–Crippen MR) is 158 cm³/mol. The van der Waals surface area contributed by atoms with Crippen LogP contribution in [-0.4, -0.2) is 73.4 Å². The first-order valence-corrected chi connectivity index (χ1v) is 13.3. The molecule has 2 aromatic carbocycles. The molecule has 0 spiro atoms. The van der Waals surface area contributed by atoms with E-state index in [-0.39, 0.29) is 6.61 Å². The van der Waals surface area contributed by atoms with Crippen LogP contribution in [0.25, 0.3) is 0 Å². The monoisotopic (exact) mass is 555 g/mol. The summed E-state index contributed by atoms with van der Waals surface area (Å²) < 4.78 is 16.6. The standard InChI is InChI=1S/C30H33N7O4/c1-35-15-17-36(18-16-35)26-11-6-23(19-27(26)40-3)33-29-32-14-12-28(34-29)37(24-7-9-25(39-2)10-8-24)30(38)41-21-22-5-4-13-31-20-22/h4-14,19-20H,15-18,21H2,1-3H3,(H,32,33,34). The molecule has 0 aliphatic carbocycles. The molecule has 11 nitrogen and oxygen atoms in total. The lowest BCUT2D eigenvalue weighted by molar-refractivity contribution is 0.149. The second-order valence-electron chi connectivity index (χ2n) is 9.49. The van der Waals surface area contributed by atoms with Crippen molar-refractivity contribution in [2.75, 3.05) is 62.6 Å². The number of aromatic nitrogens is 3. The molecule has 41 heavy (non-hydrogen) atoms. The van der Waals surface area contributed by atoms with Gasteiger partial charge in [-0.3, -0.25) is 4.98 Å². The van der Waals surface area contributed by atoms with Gasteiger partial charge in [-0.2, -0.15) is 4.98 Å². The summed E-state index contributed by atoms with van der Waals surface area (Å²) in [6.07, 6.45) is 4.31. The van der Waals surface area contributed by atoms with Crippen LogP contribution in [0.15, 0.2) is 79.3 Å². The number of nitrogens with one attached hydrogen (secondary N) is 1. The summed E-state index contributed by atoms with van der Waals surface area (Å²) in [4.78, 5) is 32.5. The average molecular weight is 556 g/mol. The molecule has 2 aromatic heterocycles. The molecular weight excluding hydrogens is 522 g/mol. The number of carbonyl (C=O) groups excluding carboxylic acids is 1. The van der Waals surface area contributed by atoms with Crippen LogP contribution in [0.3, 0.4) is 0 Å². The Hall–Kier alpha value is -4.90. The van der Waals surface area contributed by atoms with Crippen molar-refractivity contribution in [2.45, 2.75) is 6.61 Å². The van der Waals surface area contributed by atoms with Crippen LogP contribution in [0.4, 0.5) is 33.6 Å². The van der Waals surface area contributed by atoms with Gasteiger partial charge in [-0.25, -0.2) is 14.7 Å². The van der Waals surface area contributed by atoms with E-state index in [0.29, 0.717) is 23.2 Å². The number of anilines is 5. The van der Waals surface area contributed by atoms with Crippen molar-refractivity contribution < 1.29 is 19.0 Å². The van der Waals surface area contributed by atoms with Crippen LogP contribution < -0.4 is 24.6 Å². The fourth-order valence-corrected chi connectivity index (χ4v) is 4.48. The number of likely N-dealkylation sites (N-methyl/N-ethyl adjacent to an activating group) is 1. The van der Waals surface area contributed by atoms with E-state index in [2.05, 4.69) is 37.1 Å². The zero-order valence-corrected chi connectivity index (χ0v) is 23.4. The number of piperazine rings is 1. The zero-order valence-electron chi connectivity index (χ0n) is 23.4. The van der Waals surface area contributed by atoms with Crippen LogP contribution in [-0.2, 0) is 11.3 Å². The molecular formula is C30H33N7O4. The molecule has 0 atom stereocenters. The summed E-state index contributed by atoms with van der Waals surface area (Å²) >= 11 is 0. The van der Waals surface area contributed by atoms with E-state index in [1.54, 1.807) is 69.2 Å². The molecule has 0 unspecified atom stereocenters. The average Bonchev–Trinajstić information content (AvgIpc) is 3.01. The SMILES string of the molecule is COc1ccc(N(C(=O)OCc2cccnc2)c2ccnc(Nc3ccc(N4CCN(C)CC4)c(OC)c3)n2)cc1. The number of hydrogen-bond acceptors (Lipinski definition) is 10. The van der Waals surface area contributed by atoms with Gasteiger partial charge in [0, 0.05) is 68.2 Å². The third-order valence-corrected chi connectivity index (χ3v) is 6.75. The van der Waals surface area contributed by atoms with Gasteiger partial charge in [-0.05, 0) is 49.5 Å². The molecule has 0 bridgehead atoms. The van der Waals surface area contributed by atoms with Crippen LogP contribution in [0.5, 0.6) is 11.5 Å². The highest BCUT2D eigenvalue weighted by molar-refractivity contribution is 5.95. The van der Waals surface area contributed by atoms with Crippen molar-refractivity contribution in [3.63, 3.8) is 0 Å². The number of nitrogens with zero attached hydrogens (tertiary/aromatic N) is 6. The number of rotatable bonds is 9. The van der Waals surface area contributed by atoms with E-state index >= 15 is 0 Å². The van der Waals surface area contributed by atoms with Gasteiger partial charge < -0.3 is 29.3 Å². The summed E-state index contributed by atoms with van der Waals surface area (Å²) in [6, 6.07) is 18.3. The van der Waals surface area contributed by atoms with E-state index in [1.807, 2.05) is 24.3 Å². The molecule has 5 rings (SSSR count). The predicted octanol–water partition coefficient (Wildman–Crippen LogP) is 4.86. The number of ether oxygens (including phenoxy) is 3. The fourth-order valence-electron chi connectivity index (χ4n) is 4.48. The topological polar surface area (TPSA) is 105 Å². The fraction of sp³-hybridized carbons (Fsp3) is 0.267. The van der Waals surface area contributed by atoms with E-state index in [0.717, 1.165) is 48.9 Å². The maximum atomic E-state index is 13.4. The van der Waals surface area contributed by atoms with Gasteiger partial charge in [0.1, 0.15) is 23.9 Å². The third kappa shape index (κ3) is 6.82. The summed E-state index contributed by atoms with van der Waals surface area (Å²) in [7, 11) is 5.38. The first-order chi connectivity index (χ1) is 20.0. The summed E-state index contributed by atoms with van der Waals surface area (Å²) in [5.41, 5.74) is 3.13. The third-order valence-electron chi connectivity index (χ3n) is 6.75. The molecule has 1 aliphatic rings. The second-order valence-corrected chi connectivity index (χ2v) is 9.49. The lowest BCUT2D eigenvalue weighted by Gasteiger charge is -2.34. The quantitative estimate of drug-likeness (QED) is 0.308. The number of pyridine rings is 1. The lowest BCUT2D eigenvalue weighted by atomic mass is 10.2. The summed E-state index contributed by atoms with van der Waals surface area (Å²) in [6.45, 7) is 3.93. The highest BCUT2D eigenvalue weighted by Gasteiger charge is 2.23. The molecule has 1 fully saturated rings. The highest BCUT2D eigenvalue weighted by atomic mass is 16.6. The Bertz CT molecular complexity index is 1450. The van der Waals surface area contributed by atoms with Gasteiger partial charge in [0.25, 0.3) is 0 Å². The minimum absolute atomic E-state index is 0.0645. The Morgan fingerprint density at radius 2 is 1.78 bits per heavy atom. The Morgan fingerprint density at radius 1 is 0.976 bits per heavy atom.